The lowest BCUT2D eigenvalue weighted by Crippen LogP contribution is -2.53. The van der Waals surface area contributed by atoms with E-state index < -0.39 is 6.10 Å². The Kier molecular flexibility index (Phi) is 7.54. The normalized spacial score (nSPS) is 21.7. The van der Waals surface area contributed by atoms with E-state index in [9.17, 15) is 14.3 Å². The highest BCUT2D eigenvalue weighted by Gasteiger charge is 2.31. The number of carbonyl (C=O) groups is 1. The predicted molar refractivity (Wildman–Crippen MR) is 106 cm³/mol. The number of amides is 2. The van der Waals surface area contributed by atoms with Gasteiger partial charge in [0.1, 0.15) is 17.6 Å². The largest absolute Gasteiger partial charge is 0.394 e. The van der Waals surface area contributed by atoms with E-state index in [1.54, 1.807) is 23.0 Å². The van der Waals surface area contributed by atoms with Gasteiger partial charge in [0.15, 0.2) is 0 Å². The Balaban J connectivity index is 1.49. The highest BCUT2D eigenvalue weighted by molar-refractivity contribution is 5.74. The molecule has 1 aromatic heterocycles. The minimum Gasteiger partial charge on any atom is -0.394 e. The topological polar surface area (TPSA) is 101 Å². The third kappa shape index (κ3) is 5.98. The van der Waals surface area contributed by atoms with Crippen molar-refractivity contribution in [1.82, 2.24) is 25.6 Å². The molecule has 1 aliphatic rings. The van der Waals surface area contributed by atoms with E-state index in [4.69, 9.17) is 4.74 Å². The first-order valence-electron chi connectivity index (χ1n) is 10.1. The Morgan fingerprint density at radius 3 is 3.03 bits per heavy atom. The number of urea groups is 1. The first-order valence-corrected chi connectivity index (χ1v) is 10.1. The van der Waals surface area contributed by atoms with Crippen molar-refractivity contribution < 1.29 is 19.0 Å². The number of hydrogen-bond donors (Lipinski definition) is 3. The maximum Gasteiger partial charge on any atom is 0.315 e. The Morgan fingerprint density at radius 1 is 1.41 bits per heavy atom. The van der Waals surface area contributed by atoms with Gasteiger partial charge in [0.25, 0.3) is 0 Å². The number of halogens is 1. The lowest BCUT2D eigenvalue weighted by Gasteiger charge is -2.36. The fourth-order valence-electron chi connectivity index (χ4n) is 3.43. The molecule has 0 radical (unpaired) electrons. The van der Waals surface area contributed by atoms with Crippen LogP contribution in [0.4, 0.5) is 9.18 Å². The van der Waals surface area contributed by atoms with Gasteiger partial charge in [-0.1, -0.05) is 24.3 Å². The number of nitrogens with zero attached hydrogens (tertiary/aromatic N) is 3. The van der Waals surface area contributed by atoms with Crippen molar-refractivity contribution in [3.8, 4) is 11.3 Å². The van der Waals surface area contributed by atoms with Crippen molar-refractivity contribution in [3.63, 3.8) is 0 Å². The number of aliphatic hydroxyl groups is 1. The molecule has 3 N–H and O–H groups in total. The summed E-state index contributed by atoms with van der Waals surface area (Å²) >= 11 is 0. The molecule has 9 heteroatoms. The van der Waals surface area contributed by atoms with E-state index in [1.165, 1.54) is 12.1 Å². The van der Waals surface area contributed by atoms with Crippen molar-refractivity contribution in [2.45, 2.75) is 57.4 Å². The summed E-state index contributed by atoms with van der Waals surface area (Å²) in [5.41, 5.74) is 1.30. The van der Waals surface area contributed by atoms with E-state index in [0.717, 1.165) is 19.3 Å². The molecule has 0 saturated carbocycles. The standard InChI is InChI=1S/C20H28FN5O3/c1-2-9-22-20(28)23-17-7-6-16(29-19(17)13-27)8-10-26-12-18(24-25-26)14-4-3-5-15(21)11-14/h3-5,11-12,16-17,19,27H,2,6-10,13H2,1H3,(H2,22,23,28)/t16-,17-,19-/m1/s1. The molecule has 0 aliphatic carbocycles. The molecule has 1 aromatic carbocycles. The van der Waals surface area contributed by atoms with Crippen molar-refractivity contribution in [2.24, 2.45) is 0 Å². The molecule has 8 nitrogen and oxygen atoms in total. The molecule has 2 aromatic rings. The molecular weight excluding hydrogens is 377 g/mol. The maximum absolute atomic E-state index is 13.4. The fourth-order valence-corrected chi connectivity index (χ4v) is 3.43. The SMILES string of the molecule is CCCNC(=O)N[C@@H]1CC[C@H](CCn2cc(-c3cccc(F)c3)nn2)O[C@@H]1CO. The number of rotatable bonds is 8. The van der Waals surface area contributed by atoms with E-state index >= 15 is 0 Å². The second kappa shape index (κ2) is 10.3. The van der Waals surface area contributed by atoms with Crippen LogP contribution in [-0.2, 0) is 11.3 Å². The van der Waals surface area contributed by atoms with Crippen molar-refractivity contribution in [2.75, 3.05) is 13.2 Å². The minimum atomic E-state index is -0.431. The number of aromatic nitrogens is 3. The van der Waals surface area contributed by atoms with Crippen LogP contribution in [0.1, 0.15) is 32.6 Å². The highest BCUT2D eigenvalue weighted by Crippen LogP contribution is 2.23. The van der Waals surface area contributed by atoms with E-state index in [-0.39, 0.29) is 30.6 Å². The van der Waals surface area contributed by atoms with E-state index in [0.29, 0.717) is 30.8 Å². The zero-order valence-electron chi connectivity index (χ0n) is 16.6. The second-order valence-corrected chi connectivity index (χ2v) is 7.23. The molecule has 2 heterocycles. The molecule has 158 valence electrons. The van der Waals surface area contributed by atoms with Crippen LogP contribution in [-0.4, -0.2) is 57.5 Å². The van der Waals surface area contributed by atoms with Crippen LogP contribution in [0.3, 0.4) is 0 Å². The lowest BCUT2D eigenvalue weighted by atomic mass is 9.97. The van der Waals surface area contributed by atoms with Gasteiger partial charge in [0.05, 0.1) is 24.9 Å². The maximum atomic E-state index is 13.4. The average Bonchev–Trinajstić information content (AvgIpc) is 3.20. The van der Waals surface area contributed by atoms with Gasteiger partial charge < -0.3 is 20.5 Å². The number of aliphatic hydroxyl groups excluding tert-OH is 1. The van der Waals surface area contributed by atoms with Crippen molar-refractivity contribution in [1.29, 1.82) is 0 Å². The Morgan fingerprint density at radius 2 is 2.28 bits per heavy atom. The quantitative estimate of drug-likeness (QED) is 0.624. The zero-order valence-corrected chi connectivity index (χ0v) is 16.6. The van der Waals surface area contributed by atoms with Gasteiger partial charge in [-0.2, -0.15) is 0 Å². The van der Waals surface area contributed by atoms with Crippen molar-refractivity contribution in [3.05, 3.63) is 36.3 Å². The Hall–Kier alpha value is -2.52. The van der Waals surface area contributed by atoms with Crippen LogP contribution in [0, 0.1) is 5.82 Å². The first-order chi connectivity index (χ1) is 14.1. The van der Waals surface area contributed by atoms with Crippen LogP contribution in [0.5, 0.6) is 0 Å². The monoisotopic (exact) mass is 405 g/mol. The Bertz CT molecular complexity index is 800. The molecule has 0 spiro atoms. The summed E-state index contributed by atoms with van der Waals surface area (Å²) < 4.78 is 21.1. The zero-order chi connectivity index (χ0) is 20.6. The third-order valence-electron chi connectivity index (χ3n) is 4.99. The molecule has 3 atom stereocenters. The Labute approximate surface area is 169 Å². The van der Waals surface area contributed by atoms with Crippen LogP contribution in [0.2, 0.25) is 0 Å². The summed E-state index contributed by atoms with van der Waals surface area (Å²) in [6.45, 7) is 3.05. The molecule has 29 heavy (non-hydrogen) atoms. The molecule has 0 bridgehead atoms. The molecular formula is C20H28FN5O3. The van der Waals surface area contributed by atoms with Crippen LogP contribution in [0.25, 0.3) is 11.3 Å². The molecule has 1 fully saturated rings. The molecule has 0 unspecified atom stereocenters. The van der Waals surface area contributed by atoms with Gasteiger partial charge in [0, 0.05) is 18.7 Å². The summed E-state index contributed by atoms with van der Waals surface area (Å²) in [7, 11) is 0. The van der Waals surface area contributed by atoms with Crippen LogP contribution < -0.4 is 10.6 Å². The third-order valence-corrected chi connectivity index (χ3v) is 4.99. The average molecular weight is 405 g/mol. The number of ether oxygens (including phenoxy) is 1. The van der Waals surface area contributed by atoms with E-state index in [1.807, 2.05) is 6.92 Å². The summed E-state index contributed by atoms with van der Waals surface area (Å²) in [5.74, 6) is -0.311. The highest BCUT2D eigenvalue weighted by atomic mass is 19.1. The smallest absolute Gasteiger partial charge is 0.315 e. The number of benzene rings is 1. The minimum absolute atomic E-state index is 0.0364. The first kappa shape index (κ1) is 21.2. The van der Waals surface area contributed by atoms with Gasteiger partial charge in [-0.25, -0.2) is 9.18 Å². The fraction of sp³-hybridized carbons (Fsp3) is 0.550. The van der Waals surface area contributed by atoms with Crippen LogP contribution in [0.15, 0.2) is 30.5 Å². The van der Waals surface area contributed by atoms with Gasteiger partial charge in [-0.3, -0.25) is 4.68 Å². The van der Waals surface area contributed by atoms with Gasteiger partial charge in [-0.05, 0) is 37.8 Å². The second-order valence-electron chi connectivity index (χ2n) is 7.23. The summed E-state index contributed by atoms with van der Waals surface area (Å²) in [5, 5.41) is 23.5. The summed E-state index contributed by atoms with van der Waals surface area (Å²) in [6, 6.07) is 5.80. The van der Waals surface area contributed by atoms with Crippen molar-refractivity contribution >= 4 is 6.03 Å². The number of nitrogens with one attached hydrogen (secondary N) is 2. The molecule has 3 rings (SSSR count). The molecule has 1 aliphatic heterocycles. The molecule has 1 saturated heterocycles. The number of carbonyl (C=O) groups excluding carboxylic acids is 1. The predicted octanol–water partition coefficient (Wildman–Crippen LogP) is 2.09. The van der Waals surface area contributed by atoms with Gasteiger partial charge in [0.2, 0.25) is 0 Å². The van der Waals surface area contributed by atoms with Gasteiger partial charge in [-0.15, -0.1) is 5.10 Å². The molecule has 2 amide bonds. The number of hydrogen-bond acceptors (Lipinski definition) is 5. The summed E-state index contributed by atoms with van der Waals surface area (Å²) in [4.78, 5) is 11.9. The van der Waals surface area contributed by atoms with Gasteiger partial charge >= 0.3 is 6.03 Å². The van der Waals surface area contributed by atoms with E-state index in [2.05, 4.69) is 20.9 Å². The van der Waals surface area contributed by atoms with Crippen LogP contribution >= 0.6 is 0 Å². The lowest BCUT2D eigenvalue weighted by molar-refractivity contribution is -0.0907. The number of aryl methyl sites for hydroxylation is 1. The summed E-state index contributed by atoms with van der Waals surface area (Å²) in [6.07, 6.45) is 4.40.